The number of ether oxygens (including phenoxy) is 2. The number of anilines is 1. The second-order valence-electron chi connectivity index (χ2n) is 5.62. The van der Waals surface area contributed by atoms with E-state index in [2.05, 4.69) is 15.5 Å². The third-order valence-electron chi connectivity index (χ3n) is 3.73. The minimum atomic E-state index is -0.130. The highest BCUT2D eigenvalue weighted by Crippen LogP contribution is 2.28. The molecule has 27 heavy (non-hydrogen) atoms. The molecule has 3 aromatic rings. The highest BCUT2D eigenvalue weighted by molar-refractivity contribution is 7.13. The first-order valence-corrected chi connectivity index (χ1v) is 9.17. The Kier molecular flexibility index (Phi) is 6.07. The standard InChI is InChI=1S/C19H18N4O3S/c1-25-16-10-13(12-20)6-7-15(16)26-8-2-5-19(24)21-18-11-14(22-23-18)17-4-3-9-27-17/h3-4,6-7,9-11H,2,5,8H2,1H3,(H2,21,22,23,24). The van der Waals surface area contributed by atoms with Crippen molar-refractivity contribution in [2.45, 2.75) is 12.8 Å². The summed E-state index contributed by atoms with van der Waals surface area (Å²) >= 11 is 1.60. The number of aromatic amines is 1. The molecule has 1 aromatic carbocycles. The van der Waals surface area contributed by atoms with Gasteiger partial charge in [0.15, 0.2) is 17.3 Å². The minimum absolute atomic E-state index is 0.130. The van der Waals surface area contributed by atoms with Gasteiger partial charge in [0, 0.05) is 18.6 Å². The number of H-pyrrole nitrogens is 1. The Morgan fingerprint density at radius 3 is 2.96 bits per heavy atom. The fourth-order valence-corrected chi connectivity index (χ4v) is 3.11. The summed E-state index contributed by atoms with van der Waals surface area (Å²) in [6.07, 6.45) is 0.844. The molecule has 8 heteroatoms. The molecule has 3 rings (SSSR count). The van der Waals surface area contributed by atoms with Crippen molar-refractivity contribution in [3.63, 3.8) is 0 Å². The average Bonchev–Trinajstić information content (AvgIpc) is 3.37. The van der Waals surface area contributed by atoms with Crippen LogP contribution in [-0.4, -0.2) is 29.8 Å². The lowest BCUT2D eigenvalue weighted by Gasteiger charge is -2.10. The van der Waals surface area contributed by atoms with Crippen LogP contribution in [-0.2, 0) is 4.79 Å². The van der Waals surface area contributed by atoms with Crippen LogP contribution >= 0.6 is 11.3 Å². The van der Waals surface area contributed by atoms with E-state index < -0.39 is 0 Å². The quantitative estimate of drug-likeness (QED) is 0.577. The van der Waals surface area contributed by atoms with E-state index in [0.29, 0.717) is 42.3 Å². The van der Waals surface area contributed by atoms with Crippen molar-refractivity contribution in [1.29, 1.82) is 5.26 Å². The number of methoxy groups -OCH3 is 1. The fraction of sp³-hybridized carbons (Fsp3) is 0.211. The Morgan fingerprint density at radius 2 is 2.22 bits per heavy atom. The van der Waals surface area contributed by atoms with E-state index in [0.717, 1.165) is 10.6 Å². The van der Waals surface area contributed by atoms with Crippen LogP contribution in [0.5, 0.6) is 11.5 Å². The molecular formula is C19H18N4O3S. The number of thiophene rings is 1. The maximum Gasteiger partial charge on any atom is 0.225 e. The Hall–Kier alpha value is -3.31. The zero-order valence-corrected chi connectivity index (χ0v) is 15.5. The third-order valence-corrected chi connectivity index (χ3v) is 4.63. The minimum Gasteiger partial charge on any atom is -0.493 e. The summed E-state index contributed by atoms with van der Waals surface area (Å²) in [4.78, 5) is 13.1. The molecule has 0 fully saturated rings. The van der Waals surface area contributed by atoms with Gasteiger partial charge >= 0.3 is 0 Å². The van der Waals surface area contributed by atoms with Crippen LogP contribution in [0.25, 0.3) is 10.6 Å². The number of carbonyl (C=O) groups excluding carboxylic acids is 1. The van der Waals surface area contributed by atoms with Gasteiger partial charge in [-0.1, -0.05) is 6.07 Å². The third kappa shape index (κ3) is 4.86. The molecule has 0 spiro atoms. The van der Waals surface area contributed by atoms with Crippen molar-refractivity contribution in [1.82, 2.24) is 10.2 Å². The molecule has 1 amide bonds. The molecule has 0 aliphatic rings. The molecule has 0 radical (unpaired) electrons. The van der Waals surface area contributed by atoms with Gasteiger partial charge in [0.25, 0.3) is 0 Å². The van der Waals surface area contributed by atoms with Crippen LogP contribution in [0.2, 0.25) is 0 Å². The predicted molar refractivity (Wildman–Crippen MR) is 103 cm³/mol. The molecule has 7 nitrogen and oxygen atoms in total. The van der Waals surface area contributed by atoms with Gasteiger partial charge in [-0.3, -0.25) is 9.89 Å². The Bertz CT molecular complexity index is 944. The van der Waals surface area contributed by atoms with Crippen LogP contribution in [0.1, 0.15) is 18.4 Å². The summed E-state index contributed by atoms with van der Waals surface area (Å²) in [6, 6.07) is 12.8. The van der Waals surface area contributed by atoms with E-state index in [-0.39, 0.29) is 5.91 Å². The van der Waals surface area contributed by atoms with Crippen LogP contribution < -0.4 is 14.8 Å². The summed E-state index contributed by atoms with van der Waals surface area (Å²) in [5.41, 5.74) is 1.37. The SMILES string of the molecule is COc1cc(C#N)ccc1OCCCC(=O)Nc1cc(-c2cccs2)[nH]n1. The van der Waals surface area contributed by atoms with Crippen LogP contribution in [0.3, 0.4) is 0 Å². The van der Waals surface area contributed by atoms with Crippen molar-refractivity contribution < 1.29 is 14.3 Å². The predicted octanol–water partition coefficient (Wildman–Crippen LogP) is 3.82. The molecular weight excluding hydrogens is 364 g/mol. The lowest BCUT2D eigenvalue weighted by atomic mass is 10.2. The number of benzene rings is 1. The maximum atomic E-state index is 12.0. The summed E-state index contributed by atoms with van der Waals surface area (Å²) < 4.78 is 10.9. The molecule has 0 aliphatic heterocycles. The number of hydrogen-bond acceptors (Lipinski definition) is 6. The Balaban J connectivity index is 1.44. The maximum absolute atomic E-state index is 12.0. The zero-order chi connectivity index (χ0) is 19.1. The number of nitrogens with one attached hydrogen (secondary N) is 2. The van der Waals surface area contributed by atoms with E-state index >= 15 is 0 Å². The van der Waals surface area contributed by atoms with Crippen molar-refractivity contribution in [2.24, 2.45) is 0 Å². The van der Waals surface area contributed by atoms with Crippen LogP contribution in [0.4, 0.5) is 5.82 Å². The zero-order valence-electron chi connectivity index (χ0n) is 14.7. The van der Waals surface area contributed by atoms with E-state index in [4.69, 9.17) is 14.7 Å². The molecule has 138 valence electrons. The summed E-state index contributed by atoms with van der Waals surface area (Å²) in [6.45, 7) is 0.358. The largest absolute Gasteiger partial charge is 0.493 e. The molecule has 0 aliphatic carbocycles. The number of hydrogen-bond donors (Lipinski definition) is 2. The van der Waals surface area contributed by atoms with E-state index in [9.17, 15) is 4.79 Å². The van der Waals surface area contributed by atoms with Gasteiger partial charge in [-0.15, -0.1) is 11.3 Å². The summed E-state index contributed by atoms with van der Waals surface area (Å²) in [7, 11) is 1.52. The van der Waals surface area contributed by atoms with E-state index in [1.807, 2.05) is 29.6 Å². The Morgan fingerprint density at radius 1 is 1.33 bits per heavy atom. The molecule has 0 saturated carbocycles. The van der Waals surface area contributed by atoms with Crippen molar-refractivity contribution in [2.75, 3.05) is 19.0 Å². The molecule has 0 saturated heterocycles. The van der Waals surface area contributed by atoms with Gasteiger partial charge in [0.05, 0.1) is 35.9 Å². The number of nitrogens with zero attached hydrogens (tertiary/aromatic N) is 2. The molecule has 2 N–H and O–H groups in total. The topological polar surface area (TPSA) is 100 Å². The van der Waals surface area contributed by atoms with Gasteiger partial charge < -0.3 is 14.8 Å². The van der Waals surface area contributed by atoms with Gasteiger partial charge in [-0.2, -0.15) is 10.4 Å². The smallest absolute Gasteiger partial charge is 0.225 e. The molecule has 2 heterocycles. The average molecular weight is 382 g/mol. The highest BCUT2D eigenvalue weighted by Gasteiger charge is 2.09. The van der Waals surface area contributed by atoms with E-state index in [1.54, 1.807) is 29.5 Å². The van der Waals surface area contributed by atoms with Crippen molar-refractivity contribution >= 4 is 23.1 Å². The number of carbonyl (C=O) groups is 1. The first kappa shape index (κ1) is 18.5. The van der Waals surface area contributed by atoms with Gasteiger partial charge in [-0.05, 0) is 30.0 Å². The highest BCUT2D eigenvalue weighted by atomic mass is 32.1. The van der Waals surface area contributed by atoms with Gasteiger partial charge in [0.2, 0.25) is 5.91 Å². The van der Waals surface area contributed by atoms with Crippen molar-refractivity contribution in [3.8, 4) is 28.1 Å². The van der Waals surface area contributed by atoms with Crippen LogP contribution in [0, 0.1) is 11.3 Å². The van der Waals surface area contributed by atoms with E-state index in [1.165, 1.54) is 7.11 Å². The molecule has 0 atom stereocenters. The fourth-order valence-electron chi connectivity index (χ4n) is 2.42. The normalized spacial score (nSPS) is 10.2. The van der Waals surface area contributed by atoms with Crippen molar-refractivity contribution in [3.05, 3.63) is 47.3 Å². The molecule has 0 unspecified atom stereocenters. The lowest BCUT2D eigenvalue weighted by Crippen LogP contribution is -2.13. The Labute approximate surface area is 160 Å². The number of nitriles is 1. The monoisotopic (exact) mass is 382 g/mol. The van der Waals surface area contributed by atoms with Crippen LogP contribution in [0.15, 0.2) is 41.8 Å². The molecule has 2 aromatic heterocycles. The summed E-state index contributed by atoms with van der Waals surface area (Å²) in [5.74, 6) is 1.41. The summed E-state index contributed by atoms with van der Waals surface area (Å²) in [5, 5.41) is 20.7. The first-order chi connectivity index (χ1) is 13.2. The number of aromatic nitrogens is 2. The lowest BCUT2D eigenvalue weighted by molar-refractivity contribution is -0.116. The number of rotatable bonds is 8. The molecule has 0 bridgehead atoms. The van der Waals surface area contributed by atoms with Gasteiger partial charge in [-0.25, -0.2) is 0 Å². The first-order valence-electron chi connectivity index (χ1n) is 8.29. The second-order valence-corrected chi connectivity index (χ2v) is 6.57. The number of amides is 1. The second kappa shape index (κ2) is 8.87. The van der Waals surface area contributed by atoms with Gasteiger partial charge in [0.1, 0.15) is 0 Å².